The van der Waals surface area contributed by atoms with Crippen LogP contribution >= 0.6 is 0 Å². The molecule has 140 valence electrons. The number of amides is 4. The zero-order chi connectivity index (χ0) is 19.0. The van der Waals surface area contributed by atoms with Crippen molar-refractivity contribution in [1.82, 2.24) is 24.9 Å². The molecule has 1 unspecified atom stereocenters. The largest absolute Gasteiger partial charge is 0.476 e. The van der Waals surface area contributed by atoms with Crippen LogP contribution in [-0.4, -0.2) is 67.6 Å². The van der Waals surface area contributed by atoms with Gasteiger partial charge in [0.1, 0.15) is 6.04 Å². The van der Waals surface area contributed by atoms with Gasteiger partial charge in [-0.2, -0.15) is 5.10 Å². The lowest BCUT2D eigenvalue weighted by Crippen LogP contribution is -2.41. The van der Waals surface area contributed by atoms with E-state index < -0.39 is 23.9 Å². The number of aromatic carboxylic acids is 1. The fraction of sp³-hybridized carbons (Fsp3) is 0.562. The van der Waals surface area contributed by atoms with Gasteiger partial charge in [-0.25, -0.2) is 9.59 Å². The Labute approximate surface area is 149 Å². The van der Waals surface area contributed by atoms with Crippen LogP contribution < -0.4 is 5.32 Å². The molecule has 2 N–H and O–H groups in total. The van der Waals surface area contributed by atoms with Crippen molar-refractivity contribution in [2.45, 2.75) is 38.8 Å². The van der Waals surface area contributed by atoms with Gasteiger partial charge in [-0.05, 0) is 6.42 Å². The Morgan fingerprint density at radius 3 is 2.73 bits per heavy atom. The van der Waals surface area contributed by atoms with Crippen molar-refractivity contribution in [3.05, 3.63) is 17.0 Å². The highest BCUT2D eigenvalue weighted by molar-refractivity contribution is 6.05. The van der Waals surface area contributed by atoms with Crippen LogP contribution in [0, 0.1) is 0 Å². The van der Waals surface area contributed by atoms with E-state index in [0.29, 0.717) is 31.5 Å². The molecule has 1 aromatic rings. The Morgan fingerprint density at radius 2 is 2.08 bits per heavy atom. The quantitative estimate of drug-likeness (QED) is 0.694. The SMILES string of the molecule is CCCN1C(=O)NC(CC(=O)N2CCc3c(c(C(=O)O)nn3C)C2)C1=O. The van der Waals surface area contributed by atoms with Crippen molar-refractivity contribution >= 4 is 23.8 Å². The first-order valence-electron chi connectivity index (χ1n) is 8.51. The van der Waals surface area contributed by atoms with Crippen LogP contribution in [-0.2, 0) is 29.6 Å². The van der Waals surface area contributed by atoms with Gasteiger partial charge in [0.05, 0.1) is 6.42 Å². The summed E-state index contributed by atoms with van der Waals surface area (Å²) in [5, 5.41) is 15.8. The summed E-state index contributed by atoms with van der Waals surface area (Å²) in [6.45, 7) is 2.73. The third kappa shape index (κ3) is 3.02. The molecule has 0 saturated carbocycles. The number of nitrogens with zero attached hydrogens (tertiary/aromatic N) is 4. The van der Waals surface area contributed by atoms with Gasteiger partial charge in [-0.1, -0.05) is 6.92 Å². The van der Waals surface area contributed by atoms with Crippen LogP contribution in [0.5, 0.6) is 0 Å². The van der Waals surface area contributed by atoms with Crippen molar-refractivity contribution in [2.24, 2.45) is 7.05 Å². The molecule has 0 bridgehead atoms. The number of urea groups is 1. The van der Waals surface area contributed by atoms with Gasteiger partial charge in [0.2, 0.25) is 5.91 Å². The molecule has 10 heteroatoms. The second kappa shape index (κ2) is 6.77. The van der Waals surface area contributed by atoms with Crippen molar-refractivity contribution < 1.29 is 24.3 Å². The van der Waals surface area contributed by atoms with E-state index >= 15 is 0 Å². The summed E-state index contributed by atoms with van der Waals surface area (Å²) in [6, 6.07) is -1.34. The maximum absolute atomic E-state index is 12.6. The van der Waals surface area contributed by atoms with Gasteiger partial charge in [0.15, 0.2) is 5.69 Å². The summed E-state index contributed by atoms with van der Waals surface area (Å²) in [6.07, 6.45) is 1.00. The number of carbonyl (C=O) groups excluding carboxylic acids is 3. The second-order valence-corrected chi connectivity index (χ2v) is 6.46. The van der Waals surface area contributed by atoms with E-state index in [4.69, 9.17) is 0 Å². The number of imide groups is 1. The molecule has 3 heterocycles. The normalized spacial score (nSPS) is 19.5. The number of hydrogen-bond donors (Lipinski definition) is 2. The predicted molar refractivity (Wildman–Crippen MR) is 88.2 cm³/mol. The van der Waals surface area contributed by atoms with Crippen LogP contribution in [0.3, 0.4) is 0 Å². The minimum absolute atomic E-state index is 0.0561. The lowest BCUT2D eigenvalue weighted by molar-refractivity contribution is -0.136. The Kier molecular flexibility index (Phi) is 4.66. The molecule has 26 heavy (non-hydrogen) atoms. The molecule has 2 aliphatic heterocycles. The molecule has 2 aliphatic rings. The first kappa shape index (κ1) is 17.9. The summed E-state index contributed by atoms with van der Waals surface area (Å²) >= 11 is 0. The van der Waals surface area contributed by atoms with Gasteiger partial charge in [-0.15, -0.1) is 0 Å². The highest BCUT2D eigenvalue weighted by Gasteiger charge is 2.39. The first-order chi connectivity index (χ1) is 12.3. The van der Waals surface area contributed by atoms with E-state index in [0.717, 1.165) is 10.6 Å². The third-order valence-electron chi connectivity index (χ3n) is 4.73. The maximum Gasteiger partial charge on any atom is 0.356 e. The number of carboxylic acid groups (broad SMARTS) is 1. The van der Waals surface area contributed by atoms with Crippen molar-refractivity contribution in [2.75, 3.05) is 13.1 Å². The second-order valence-electron chi connectivity index (χ2n) is 6.46. The number of hydrogen-bond acceptors (Lipinski definition) is 5. The topological polar surface area (TPSA) is 125 Å². The zero-order valence-electron chi connectivity index (χ0n) is 14.7. The molecule has 0 aliphatic carbocycles. The number of fused-ring (bicyclic) bond motifs is 1. The number of aromatic nitrogens is 2. The van der Waals surface area contributed by atoms with Crippen molar-refractivity contribution in [3.8, 4) is 0 Å². The number of carboxylic acids is 1. The predicted octanol–water partition coefficient (Wildman–Crippen LogP) is -0.276. The molecule has 3 rings (SSSR count). The van der Waals surface area contributed by atoms with Crippen LogP contribution in [0.2, 0.25) is 0 Å². The molecule has 1 saturated heterocycles. The Bertz CT molecular complexity index is 786. The highest BCUT2D eigenvalue weighted by Crippen LogP contribution is 2.23. The number of nitrogens with one attached hydrogen (secondary N) is 1. The molecule has 4 amide bonds. The lowest BCUT2D eigenvalue weighted by Gasteiger charge is -2.28. The van der Waals surface area contributed by atoms with E-state index in [1.165, 1.54) is 9.58 Å². The minimum atomic E-state index is -1.13. The van der Waals surface area contributed by atoms with Gasteiger partial charge < -0.3 is 15.3 Å². The van der Waals surface area contributed by atoms with E-state index in [2.05, 4.69) is 10.4 Å². The average Bonchev–Trinajstić information content (AvgIpc) is 3.07. The van der Waals surface area contributed by atoms with Crippen LogP contribution in [0.15, 0.2) is 0 Å². The number of rotatable bonds is 5. The van der Waals surface area contributed by atoms with Gasteiger partial charge in [-0.3, -0.25) is 19.2 Å². The highest BCUT2D eigenvalue weighted by atomic mass is 16.4. The summed E-state index contributed by atoms with van der Waals surface area (Å²) in [5.74, 6) is -1.83. The van der Waals surface area contributed by atoms with Crippen LogP contribution in [0.1, 0.15) is 41.5 Å². The summed E-state index contributed by atoms with van der Waals surface area (Å²) in [7, 11) is 1.68. The molecule has 1 aromatic heterocycles. The van der Waals surface area contributed by atoms with E-state index in [1.807, 2.05) is 6.92 Å². The van der Waals surface area contributed by atoms with E-state index in [9.17, 15) is 24.3 Å². The Hall–Kier alpha value is -2.91. The Balaban J connectivity index is 1.70. The maximum atomic E-state index is 12.6. The van der Waals surface area contributed by atoms with Crippen molar-refractivity contribution in [1.29, 1.82) is 0 Å². The summed E-state index contributed by atoms with van der Waals surface area (Å²) in [4.78, 5) is 50.6. The average molecular weight is 363 g/mol. The lowest BCUT2D eigenvalue weighted by atomic mass is 10.0. The van der Waals surface area contributed by atoms with E-state index in [-0.39, 0.29) is 24.6 Å². The van der Waals surface area contributed by atoms with Crippen molar-refractivity contribution in [3.63, 3.8) is 0 Å². The molecule has 1 atom stereocenters. The van der Waals surface area contributed by atoms with Crippen LogP contribution in [0.4, 0.5) is 4.79 Å². The Morgan fingerprint density at radius 1 is 1.35 bits per heavy atom. The molecule has 0 spiro atoms. The molecular formula is C16H21N5O5. The van der Waals surface area contributed by atoms with Gasteiger partial charge >= 0.3 is 12.0 Å². The standard InChI is InChI=1S/C16H21N5O5/c1-3-5-21-14(23)10(17-16(21)26)7-12(22)20-6-4-11-9(8-20)13(15(24)25)18-19(11)2/h10H,3-8H2,1-2H3,(H,17,26)(H,24,25). The number of aryl methyl sites for hydroxylation is 1. The smallest absolute Gasteiger partial charge is 0.356 e. The van der Waals surface area contributed by atoms with Crippen LogP contribution in [0.25, 0.3) is 0 Å². The summed E-state index contributed by atoms with van der Waals surface area (Å²) < 4.78 is 1.53. The first-order valence-corrected chi connectivity index (χ1v) is 8.51. The molecule has 10 nitrogen and oxygen atoms in total. The van der Waals surface area contributed by atoms with E-state index in [1.54, 1.807) is 7.05 Å². The fourth-order valence-corrected chi connectivity index (χ4v) is 3.43. The fourth-order valence-electron chi connectivity index (χ4n) is 3.43. The number of carbonyl (C=O) groups is 4. The van der Waals surface area contributed by atoms with Gasteiger partial charge in [0, 0.05) is 44.4 Å². The third-order valence-corrected chi connectivity index (χ3v) is 4.73. The molecule has 0 aromatic carbocycles. The molecule has 1 fully saturated rings. The van der Waals surface area contributed by atoms with Gasteiger partial charge in [0.25, 0.3) is 5.91 Å². The molecule has 0 radical (unpaired) electrons. The zero-order valence-corrected chi connectivity index (χ0v) is 14.7. The summed E-state index contributed by atoms with van der Waals surface area (Å²) in [5.41, 5.74) is 1.26. The minimum Gasteiger partial charge on any atom is -0.476 e. The molecular weight excluding hydrogens is 342 g/mol. The monoisotopic (exact) mass is 363 g/mol.